The Morgan fingerprint density at radius 1 is 1.29 bits per heavy atom. The molecule has 4 heteroatoms. The quantitative estimate of drug-likeness (QED) is 0.699. The van der Waals surface area contributed by atoms with Crippen molar-refractivity contribution in [2.24, 2.45) is 23.2 Å². The molecule has 78 valence electrons. The molecule has 4 nitrogen and oxygen atoms in total. The summed E-state index contributed by atoms with van der Waals surface area (Å²) in [6.07, 6.45) is 2.73. The predicted molar refractivity (Wildman–Crippen MR) is 47.7 cm³/mol. The molecule has 2 aliphatic rings. The standard InChI is InChI=1S/C10H14O4/c1-10(9(13)14)6-4-2-3-5(6)7(10)8(11)12/h5-7H,2-4H2,1H3,(H,11,12)(H,13,14)/t5-,6+,7-,10-/m0/s1. The van der Waals surface area contributed by atoms with Crippen LogP contribution in [0.25, 0.3) is 0 Å². The summed E-state index contributed by atoms with van der Waals surface area (Å²) in [5.41, 5.74) is -1.02. The van der Waals surface area contributed by atoms with Crippen LogP contribution in [0.3, 0.4) is 0 Å². The molecule has 2 N–H and O–H groups in total. The lowest BCUT2D eigenvalue weighted by Crippen LogP contribution is -2.60. The van der Waals surface area contributed by atoms with Gasteiger partial charge in [0.25, 0.3) is 0 Å². The highest BCUT2D eigenvalue weighted by atomic mass is 16.4. The molecule has 0 aromatic rings. The van der Waals surface area contributed by atoms with E-state index < -0.39 is 23.3 Å². The SMILES string of the molecule is C[C@]1(C(=O)O)[C@@H]2CCC[C@@H]2[C@H]1C(=O)O. The third kappa shape index (κ3) is 0.885. The number of carbonyl (C=O) groups is 2. The van der Waals surface area contributed by atoms with Gasteiger partial charge >= 0.3 is 11.9 Å². The molecule has 2 rings (SSSR count). The Bertz CT molecular complexity index is 298. The lowest BCUT2D eigenvalue weighted by atomic mass is 9.48. The second-order valence-electron chi connectivity index (χ2n) is 4.61. The first-order valence-corrected chi connectivity index (χ1v) is 4.95. The first-order valence-electron chi connectivity index (χ1n) is 4.95. The maximum Gasteiger partial charge on any atom is 0.310 e. The molecule has 0 saturated heterocycles. The fourth-order valence-electron chi connectivity index (χ4n) is 3.42. The summed E-state index contributed by atoms with van der Waals surface area (Å²) in [6, 6.07) is 0. The second kappa shape index (κ2) is 2.72. The van der Waals surface area contributed by atoms with Gasteiger partial charge < -0.3 is 10.2 Å². The number of hydrogen-bond acceptors (Lipinski definition) is 2. The van der Waals surface area contributed by atoms with E-state index in [9.17, 15) is 9.59 Å². The lowest BCUT2D eigenvalue weighted by Gasteiger charge is -2.52. The van der Waals surface area contributed by atoms with Gasteiger partial charge in [-0.1, -0.05) is 6.42 Å². The molecule has 2 fully saturated rings. The lowest BCUT2D eigenvalue weighted by molar-refractivity contribution is -0.191. The van der Waals surface area contributed by atoms with Gasteiger partial charge in [-0.05, 0) is 31.6 Å². The van der Waals surface area contributed by atoms with Gasteiger partial charge in [0.2, 0.25) is 0 Å². The topological polar surface area (TPSA) is 74.6 Å². The van der Waals surface area contributed by atoms with E-state index in [0.717, 1.165) is 19.3 Å². The molecule has 2 saturated carbocycles. The van der Waals surface area contributed by atoms with Crippen LogP contribution in [0.2, 0.25) is 0 Å². The van der Waals surface area contributed by atoms with Crippen LogP contribution in [0.15, 0.2) is 0 Å². The van der Waals surface area contributed by atoms with E-state index in [2.05, 4.69) is 0 Å². The van der Waals surface area contributed by atoms with Gasteiger partial charge in [-0.3, -0.25) is 9.59 Å². The minimum Gasteiger partial charge on any atom is -0.481 e. The number of hydrogen-bond donors (Lipinski definition) is 2. The highest BCUT2D eigenvalue weighted by Crippen LogP contribution is 2.63. The Morgan fingerprint density at radius 3 is 2.43 bits per heavy atom. The van der Waals surface area contributed by atoms with Crippen molar-refractivity contribution < 1.29 is 19.8 Å². The maximum atomic E-state index is 11.1. The van der Waals surface area contributed by atoms with Crippen LogP contribution in [0.5, 0.6) is 0 Å². The molecule has 0 spiro atoms. The van der Waals surface area contributed by atoms with Gasteiger partial charge in [-0.2, -0.15) is 0 Å². The van der Waals surface area contributed by atoms with Crippen molar-refractivity contribution in [2.75, 3.05) is 0 Å². The van der Waals surface area contributed by atoms with E-state index in [1.54, 1.807) is 6.92 Å². The number of aliphatic carboxylic acids is 2. The summed E-state index contributed by atoms with van der Waals surface area (Å²) in [5.74, 6) is -2.38. The summed E-state index contributed by atoms with van der Waals surface area (Å²) in [6.45, 7) is 1.58. The van der Waals surface area contributed by atoms with Crippen molar-refractivity contribution >= 4 is 11.9 Å². The normalized spacial score (nSPS) is 45.4. The van der Waals surface area contributed by atoms with Crippen molar-refractivity contribution in [3.05, 3.63) is 0 Å². The number of carboxylic acids is 2. The van der Waals surface area contributed by atoms with Crippen LogP contribution in [0, 0.1) is 23.2 Å². The van der Waals surface area contributed by atoms with E-state index >= 15 is 0 Å². The van der Waals surface area contributed by atoms with Gasteiger partial charge in [0.15, 0.2) is 0 Å². The van der Waals surface area contributed by atoms with E-state index in [4.69, 9.17) is 10.2 Å². The Kier molecular flexibility index (Phi) is 1.84. The van der Waals surface area contributed by atoms with E-state index in [1.807, 2.05) is 0 Å². The Hall–Kier alpha value is -1.06. The van der Waals surface area contributed by atoms with Gasteiger partial charge in [-0.25, -0.2) is 0 Å². The van der Waals surface area contributed by atoms with Crippen molar-refractivity contribution in [2.45, 2.75) is 26.2 Å². The van der Waals surface area contributed by atoms with Gasteiger partial charge in [0, 0.05) is 0 Å². The zero-order valence-electron chi connectivity index (χ0n) is 8.06. The fourth-order valence-corrected chi connectivity index (χ4v) is 3.42. The van der Waals surface area contributed by atoms with Crippen LogP contribution in [0.4, 0.5) is 0 Å². The molecule has 2 aliphatic carbocycles. The molecule has 0 radical (unpaired) electrons. The molecule has 0 aromatic carbocycles. The molecule has 0 bridgehead atoms. The smallest absolute Gasteiger partial charge is 0.310 e. The van der Waals surface area contributed by atoms with Crippen LogP contribution in [-0.4, -0.2) is 22.2 Å². The molecule has 0 aliphatic heterocycles. The third-order valence-corrected chi connectivity index (χ3v) is 4.14. The number of rotatable bonds is 2. The Balaban J connectivity index is 2.31. The van der Waals surface area contributed by atoms with Crippen LogP contribution in [-0.2, 0) is 9.59 Å². The molecule has 0 amide bonds. The Morgan fingerprint density at radius 2 is 1.93 bits per heavy atom. The van der Waals surface area contributed by atoms with Crippen LogP contribution in [0.1, 0.15) is 26.2 Å². The van der Waals surface area contributed by atoms with Crippen molar-refractivity contribution in [3.63, 3.8) is 0 Å². The van der Waals surface area contributed by atoms with Crippen molar-refractivity contribution in [3.8, 4) is 0 Å². The molecular weight excluding hydrogens is 184 g/mol. The summed E-state index contributed by atoms with van der Waals surface area (Å²) in [4.78, 5) is 22.1. The maximum absolute atomic E-state index is 11.1. The van der Waals surface area contributed by atoms with Gasteiger partial charge in [-0.15, -0.1) is 0 Å². The minimum absolute atomic E-state index is 0.0844. The predicted octanol–water partition coefficient (Wildman–Crippen LogP) is 1.21. The monoisotopic (exact) mass is 198 g/mol. The highest BCUT2D eigenvalue weighted by molar-refractivity contribution is 5.86. The molecule has 14 heavy (non-hydrogen) atoms. The average Bonchev–Trinajstić information content (AvgIpc) is 2.46. The highest BCUT2D eigenvalue weighted by Gasteiger charge is 2.67. The van der Waals surface area contributed by atoms with Crippen molar-refractivity contribution in [1.82, 2.24) is 0 Å². The Labute approximate surface area is 81.9 Å². The summed E-state index contributed by atoms with van der Waals surface area (Å²) < 4.78 is 0. The third-order valence-electron chi connectivity index (χ3n) is 4.14. The summed E-state index contributed by atoms with van der Waals surface area (Å²) >= 11 is 0. The van der Waals surface area contributed by atoms with E-state index in [-0.39, 0.29) is 11.8 Å². The largest absolute Gasteiger partial charge is 0.481 e. The van der Waals surface area contributed by atoms with Crippen LogP contribution < -0.4 is 0 Å². The fraction of sp³-hybridized carbons (Fsp3) is 0.800. The zero-order chi connectivity index (χ0) is 10.5. The number of fused-ring (bicyclic) bond motifs is 1. The minimum atomic E-state index is -1.02. The van der Waals surface area contributed by atoms with E-state index in [0.29, 0.717) is 0 Å². The van der Waals surface area contributed by atoms with Gasteiger partial charge in [0.1, 0.15) is 0 Å². The first kappa shape index (κ1) is 9.49. The number of carboxylic acid groups (broad SMARTS) is 2. The van der Waals surface area contributed by atoms with E-state index in [1.165, 1.54) is 0 Å². The van der Waals surface area contributed by atoms with Gasteiger partial charge in [0.05, 0.1) is 11.3 Å². The molecule has 0 heterocycles. The molecule has 4 atom stereocenters. The summed E-state index contributed by atoms with van der Waals surface area (Å²) in [5, 5.41) is 18.1. The molecule has 0 unspecified atom stereocenters. The zero-order valence-corrected chi connectivity index (χ0v) is 8.06. The van der Waals surface area contributed by atoms with Crippen molar-refractivity contribution in [1.29, 1.82) is 0 Å². The second-order valence-corrected chi connectivity index (χ2v) is 4.61. The van der Waals surface area contributed by atoms with Crippen LogP contribution >= 0.6 is 0 Å². The molecular formula is C10H14O4. The summed E-state index contributed by atoms with van der Waals surface area (Å²) in [7, 11) is 0. The molecule has 0 aromatic heterocycles. The first-order chi connectivity index (χ1) is 6.49. The average molecular weight is 198 g/mol.